The average molecular weight is 337 g/mol. The summed E-state index contributed by atoms with van der Waals surface area (Å²) in [4.78, 5) is 14.6. The molecule has 1 amide bonds. The van der Waals surface area contributed by atoms with Crippen LogP contribution < -0.4 is 5.32 Å². The molecule has 0 aliphatic carbocycles. The molecule has 0 aromatic heterocycles. The number of nitrogens with zero attached hydrogens (tertiary/aromatic N) is 1. The fourth-order valence-corrected chi connectivity index (χ4v) is 3.93. The Kier molecular flexibility index (Phi) is 6.49. The monoisotopic (exact) mass is 336 g/mol. The highest BCUT2D eigenvalue weighted by molar-refractivity contribution is 5.85. The van der Waals surface area contributed by atoms with E-state index in [0.29, 0.717) is 18.4 Å². The van der Waals surface area contributed by atoms with Crippen LogP contribution in [0.2, 0.25) is 0 Å². The molecule has 2 aliphatic heterocycles. The molecule has 0 spiro atoms. The number of nitrogens with one attached hydrogen (secondary N) is 1. The van der Waals surface area contributed by atoms with Crippen molar-refractivity contribution >= 4 is 18.3 Å². The topological polar surface area (TPSA) is 32.3 Å². The van der Waals surface area contributed by atoms with Crippen LogP contribution in [0.3, 0.4) is 0 Å². The maximum atomic E-state index is 12.6. The van der Waals surface area contributed by atoms with Gasteiger partial charge in [0, 0.05) is 19.1 Å². The lowest BCUT2D eigenvalue weighted by atomic mass is 9.88. The van der Waals surface area contributed by atoms with Crippen molar-refractivity contribution in [2.24, 2.45) is 5.92 Å². The van der Waals surface area contributed by atoms with Gasteiger partial charge in [0.05, 0.1) is 6.42 Å². The van der Waals surface area contributed by atoms with Crippen LogP contribution in [0, 0.1) is 19.8 Å². The van der Waals surface area contributed by atoms with Crippen LogP contribution in [0.5, 0.6) is 0 Å². The van der Waals surface area contributed by atoms with Crippen molar-refractivity contribution in [3.8, 4) is 0 Å². The molecule has 128 valence electrons. The smallest absolute Gasteiger partial charge is 0.226 e. The van der Waals surface area contributed by atoms with Gasteiger partial charge in [-0.2, -0.15) is 0 Å². The van der Waals surface area contributed by atoms with E-state index in [-0.39, 0.29) is 12.4 Å². The molecule has 1 unspecified atom stereocenters. The predicted molar refractivity (Wildman–Crippen MR) is 97.2 cm³/mol. The van der Waals surface area contributed by atoms with Crippen molar-refractivity contribution in [3.63, 3.8) is 0 Å². The number of hydrogen-bond acceptors (Lipinski definition) is 2. The van der Waals surface area contributed by atoms with Crippen molar-refractivity contribution in [2.45, 2.75) is 52.0 Å². The number of benzene rings is 1. The summed E-state index contributed by atoms with van der Waals surface area (Å²) >= 11 is 0. The minimum Gasteiger partial charge on any atom is -0.342 e. The molecule has 0 saturated carbocycles. The van der Waals surface area contributed by atoms with E-state index in [9.17, 15) is 4.79 Å². The van der Waals surface area contributed by atoms with Crippen molar-refractivity contribution in [1.29, 1.82) is 0 Å². The van der Waals surface area contributed by atoms with Gasteiger partial charge in [0.25, 0.3) is 0 Å². The molecule has 2 saturated heterocycles. The molecule has 4 heteroatoms. The van der Waals surface area contributed by atoms with E-state index in [1.807, 2.05) is 0 Å². The third-order valence-corrected chi connectivity index (χ3v) is 5.41. The minimum atomic E-state index is 0. The van der Waals surface area contributed by atoms with Gasteiger partial charge in [-0.3, -0.25) is 4.79 Å². The molecule has 1 atom stereocenters. The number of piperidine rings is 1. The van der Waals surface area contributed by atoms with Crippen LogP contribution >= 0.6 is 12.4 Å². The molecule has 1 N–H and O–H groups in total. The Bertz CT molecular complexity index is 532. The highest BCUT2D eigenvalue weighted by Crippen LogP contribution is 2.26. The van der Waals surface area contributed by atoms with Crippen LogP contribution in [0.1, 0.15) is 42.4 Å². The normalized spacial score (nSPS) is 22.0. The highest BCUT2D eigenvalue weighted by atomic mass is 35.5. The van der Waals surface area contributed by atoms with Crippen molar-refractivity contribution < 1.29 is 4.79 Å². The number of rotatable bonds is 3. The lowest BCUT2D eigenvalue weighted by Gasteiger charge is -2.35. The summed E-state index contributed by atoms with van der Waals surface area (Å²) in [7, 11) is 0. The van der Waals surface area contributed by atoms with Crippen molar-refractivity contribution in [2.75, 3.05) is 19.6 Å². The summed E-state index contributed by atoms with van der Waals surface area (Å²) in [6, 6.07) is 7.10. The van der Waals surface area contributed by atoms with E-state index in [0.717, 1.165) is 31.8 Å². The van der Waals surface area contributed by atoms with Crippen molar-refractivity contribution in [1.82, 2.24) is 10.2 Å². The zero-order valence-electron chi connectivity index (χ0n) is 14.3. The van der Waals surface area contributed by atoms with Gasteiger partial charge in [-0.1, -0.05) is 23.8 Å². The molecule has 0 radical (unpaired) electrons. The summed E-state index contributed by atoms with van der Waals surface area (Å²) in [5, 5.41) is 3.62. The summed E-state index contributed by atoms with van der Waals surface area (Å²) in [5.74, 6) is 1.07. The number of likely N-dealkylation sites (tertiary alicyclic amines) is 1. The second-order valence-corrected chi connectivity index (χ2v) is 7.03. The molecule has 0 bridgehead atoms. The van der Waals surface area contributed by atoms with Gasteiger partial charge in [-0.25, -0.2) is 0 Å². The Labute approximate surface area is 146 Å². The van der Waals surface area contributed by atoms with Gasteiger partial charge in [-0.15, -0.1) is 12.4 Å². The van der Waals surface area contributed by atoms with Crippen LogP contribution in [0.4, 0.5) is 0 Å². The first kappa shape index (κ1) is 18.3. The molecule has 2 fully saturated rings. The van der Waals surface area contributed by atoms with Crippen LogP contribution in [-0.2, 0) is 11.2 Å². The van der Waals surface area contributed by atoms with Gasteiger partial charge in [0.1, 0.15) is 0 Å². The Morgan fingerprint density at radius 3 is 2.61 bits per heavy atom. The number of amides is 1. The molecule has 3 nitrogen and oxygen atoms in total. The first-order valence-electron chi connectivity index (χ1n) is 8.71. The number of hydrogen-bond donors (Lipinski definition) is 1. The van der Waals surface area contributed by atoms with Gasteiger partial charge in [-0.05, 0) is 63.1 Å². The molecule has 2 heterocycles. The SMILES string of the molecule is Cc1ccc(C)c(CC(=O)N2CCC(C3CCCN3)CC2)c1.Cl. The predicted octanol–water partition coefficient (Wildman–Crippen LogP) is 3.26. The van der Waals surface area contributed by atoms with Gasteiger partial charge >= 0.3 is 0 Å². The maximum Gasteiger partial charge on any atom is 0.226 e. The van der Waals surface area contributed by atoms with E-state index in [2.05, 4.69) is 42.3 Å². The zero-order valence-corrected chi connectivity index (χ0v) is 15.1. The van der Waals surface area contributed by atoms with E-state index >= 15 is 0 Å². The lowest BCUT2D eigenvalue weighted by Crippen LogP contribution is -2.43. The third-order valence-electron chi connectivity index (χ3n) is 5.41. The van der Waals surface area contributed by atoms with Gasteiger partial charge < -0.3 is 10.2 Å². The van der Waals surface area contributed by atoms with Crippen LogP contribution in [0.25, 0.3) is 0 Å². The quantitative estimate of drug-likeness (QED) is 0.918. The van der Waals surface area contributed by atoms with E-state index in [1.54, 1.807) is 0 Å². The molecule has 23 heavy (non-hydrogen) atoms. The molecule has 2 aliphatic rings. The Balaban J connectivity index is 0.00000192. The summed E-state index contributed by atoms with van der Waals surface area (Å²) in [6.45, 7) is 7.24. The fourth-order valence-electron chi connectivity index (χ4n) is 3.93. The fraction of sp³-hybridized carbons (Fsp3) is 0.632. The molecule has 1 aromatic carbocycles. The molecular formula is C19H29ClN2O. The number of aryl methyl sites for hydroxylation is 2. The summed E-state index contributed by atoms with van der Waals surface area (Å²) in [5.41, 5.74) is 3.65. The number of halogens is 1. The Morgan fingerprint density at radius 2 is 1.96 bits per heavy atom. The van der Waals surface area contributed by atoms with E-state index in [1.165, 1.54) is 36.1 Å². The molecule has 3 rings (SSSR count). The number of carbonyl (C=O) groups excluding carboxylic acids is 1. The Hall–Kier alpha value is -1.06. The average Bonchev–Trinajstić information content (AvgIpc) is 3.05. The second-order valence-electron chi connectivity index (χ2n) is 7.03. The van der Waals surface area contributed by atoms with Gasteiger partial charge in [0.15, 0.2) is 0 Å². The first-order valence-corrected chi connectivity index (χ1v) is 8.71. The van der Waals surface area contributed by atoms with Crippen LogP contribution in [-0.4, -0.2) is 36.5 Å². The van der Waals surface area contributed by atoms with Crippen LogP contribution in [0.15, 0.2) is 18.2 Å². The highest BCUT2D eigenvalue weighted by Gasteiger charge is 2.29. The second kappa shape index (κ2) is 8.16. The first-order chi connectivity index (χ1) is 10.6. The Morgan fingerprint density at radius 1 is 1.22 bits per heavy atom. The summed E-state index contributed by atoms with van der Waals surface area (Å²) in [6.07, 6.45) is 5.52. The maximum absolute atomic E-state index is 12.6. The standard InChI is InChI=1S/C19H28N2O.ClH/c1-14-5-6-15(2)17(12-14)13-19(22)21-10-7-16(8-11-21)18-4-3-9-20-18;/h5-6,12,16,18,20H,3-4,7-11,13H2,1-2H3;1H. The molecule has 1 aromatic rings. The van der Waals surface area contributed by atoms with E-state index in [4.69, 9.17) is 0 Å². The largest absolute Gasteiger partial charge is 0.342 e. The minimum absolute atomic E-state index is 0. The number of carbonyl (C=O) groups is 1. The van der Waals surface area contributed by atoms with Crippen molar-refractivity contribution in [3.05, 3.63) is 34.9 Å². The third kappa shape index (κ3) is 4.48. The van der Waals surface area contributed by atoms with E-state index < -0.39 is 0 Å². The lowest BCUT2D eigenvalue weighted by molar-refractivity contribution is -0.132. The molecular weight excluding hydrogens is 308 g/mol. The zero-order chi connectivity index (χ0) is 15.5. The van der Waals surface area contributed by atoms with Gasteiger partial charge in [0.2, 0.25) is 5.91 Å². The summed E-state index contributed by atoms with van der Waals surface area (Å²) < 4.78 is 0.